The molecule has 4 heteroatoms. The average molecular weight is 323 g/mol. The van der Waals surface area contributed by atoms with E-state index in [1.807, 2.05) is 60.7 Å². The lowest BCUT2D eigenvalue weighted by Crippen LogP contribution is -2.43. The van der Waals surface area contributed by atoms with Gasteiger partial charge in [-0.2, -0.15) is 0 Å². The zero-order valence-electron chi connectivity index (χ0n) is 13.5. The Morgan fingerprint density at radius 2 is 1.67 bits per heavy atom. The molecule has 2 aromatic rings. The van der Waals surface area contributed by atoms with Crippen LogP contribution in [-0.4, -0.2) is 36.0 Å². The van der Waals surface area contributed by atoms with Crippen LogP contribution in [0.5, 0.6) is 0 Å². The minimum atomic E-state index is -0.762. The Labute approximate surface area is 142 Å². The van der Waals surface area contributed by atoms with Crippen molar-refractivity contribution in [1.29, 1.82) is 0 Å². The Morgan fingerprint density at radius 3 is 2.29 bits per heavy atom. The van der Waals surface area contributed by atoms with Crippen LogP contribution in [0, 0.1) is 0 Å². The molecule has 24 heavy (non-hydrogen) atoms. The highest BCUT2D eigenvalue weighted by Gasteiger charge is 2.37. The maximum atomic E-state index is 12.7. The lowest BCUT2D eigenvalue weighted by Gasteiger charge is -2.26. The molecule has 1 heterocycles. The number of hydrogen-bond donors (Lipinski definition) is 0. The highest BCUT2D eigenvalue weighted by atomic mass is 16.5. The van der Waals surface area contributed by atoms with Crippen LogP contribution in [0.2, 0.25) is 0 Å². The number of hydrogen-bond acceptors (Lipinski definition) is 3. The van der Waals surface area contributed by atoms with E-state index >= 15 is 0 Å². The zero-order valence-corrected chi connectivity index (χ0v) is 13.5. The number of aryl methyl sites for hydroxylation is 1. The van der Waals surface area contributed by atoms with Crippen LogP contribution in [0.25, 0.3) is 0 Å². The zero-order chi connectivity index (χ0) is 16.8. The van der Waals surface area contributed by atoms with Crippen LogP contribution in [0.3, 0.4) is 0 Å². The van der Waals surface area contributed by atoms with Crippen molar-refractivity contribution in [2.45, 2.75) is 31.5 Å². The van der Waals surface area contributed by atoms with E-state index in [1.165, 1.54) is 0 Å². The lowest BCUT2D eigenvalue weighted by atomic mass is 10.0. The molecule has 1 aliphatic heterocycles. The molecular formula is C20H21NO3. The van der Waals surface area contributed by atoms with E-state index in [-0.39, 0.29) is 11.9 Å². The van der Waals surface area contributed by atoms with E-state index in [1.54, 1.807) is 4.90 Å². The molecular weight excluding hydrogens is 302 g/mol. The number of aldehydes is 1. The molecule has 2 aromatic carbocycles. The van der Waals surface area contributed by atoms with Gasteiger partial charge in [-0.25, -0.2) is 0 Å². The SMILES string of the molecule is O=CC1OCC(Cc2ccccc2)N1C(=O)CCc1ccccc1. The fraction of sp³-hybridized carbons (Fsp3) is 0.300. The van der Waals surface area contributed by atoms with Crippen LogP contribution in [-0.2, 0) is 27.2 Å². The summed E-state index contributed by atoms with van der Waals surface area (Å²) >= 11 is 0. The normalized spacial score (nSPS) is 20.1. The van der Waals surface area contributed by atoms with Crippen molar-refractivity contribution >= 4 is 12.2 Å². The molecule has 4 nitrogen and oxygen atoms in total. The van der Waals surface area contributed by atoms with E-state index in [0.29, 0.717) is 32.2 Å². The first kappa shape index (κ1) is 16.4. The molecule has 0 aromatic heterocycles. The minimum Gasteiger partial charge on any atom is -0.349 e. The third-order valence-electron chi connectivity index (χ3n) is 4.32. The van der Waals surface area contributed by atoms with Gasteiger partial charge < -0.3 is 9.64 Å². The largest absolute Gasteiger partial charge is 0.349 e. The Kier molecular flexibility index (Phi) is 5.39. The molecule has 0 spiro atoms. The molecule has 124 valence electrons. The number of amides is 1. The monoisotopic (exact) mass is 323 g/mol. The second-order valence-corrected chi connectivity index (χ2v) is 5.99. The number of carbonyl (C=O) groups is 2. The molecule has 0 N–H and O–H groups in total. The van der Waals surface area contributed by atoms with Crippen molar-refractivity contribution in [3.8, 4) is 0 Å². The van der Waals surface area contributed by atoms with Gasteiger partial charge in [-0.1, -0.05) is 60.7 Å². The summed E-state index contributed by atoms with van der Waals surface area (Å²) in [5.74, 6) is -0.0330. The van der Waals surface area contributed by atoms with Gasteiger partial charge in [-0.05, 0) is 24.0 Å². The highest BCUT2D eigenvalue weighted by Crippen LogP contribution is 2.21. The van der Waals surface area contributed by atoms with E-state index in [9.17, 15) is 9.59 Å². The summed E-state index contributed by atoms with van der Waals surface area (Å²) in [6.45, 7) is 0.398. The first-order valence-electron chi connectivity index (χ1n) is 8.24. The molecule has 1 saturated heterocycles. The molecule has 1 fully saturated rings. The standard InChI is InChI=1S/C20H21NO3/c22-14-20-21(19(23)12-11-16-7-3-1-4-8-16)18(15-24-20)13-17-9-5-2-6-10-17/h1-10,14,18,20H,11-13,15H2. The van der Waals surface area contributed by atoms with Crippen LogP contribution in [0.15, 0.2) is 60.7 Å². The predicted molar refractivity (Wildman–Crippen MR) is 91.3 cm³/mol. The summed E-state index contributed by atoms with van der Waals surface area (Å²) in [5, 5.41) is 0. The highest BCUT2D eigenvalue weighted by molar-refractivity contribution is 5.80. The Morgan fingerprint density at radius 1 is 1.04 bits per heavy atom. The van der Waals surface area contributed by atoms with E-state index < -0.39 is 6.23 Å². The topological polar surface area (TPSA) is 46.6 Å². The van der Waals surface area contributed by atoms with E-state index in [4.69, 9.17) is 4.74 Å². The number of carbonyl (C=O) groups excluding carboxylic acids is 2. The smallest absolute Gasteiger partial charge is 0.225 e. The molecule has 0 saturated carbocycles. The van der Waals surface area contributed by atoms with Gasteiger partial charge in [0.2, 0.25) is 5.91 Å². The van der Waals surface area contributed by atoms with Crippen molar-refractivity contribution < 1.29 is 14.3 Å². The van der Waals surface area contributed by atoms with Gasteiger partial charge in [-0.15, -0.1) is 0 Å². The minimum absolute atomic E-state index is 0.0330. The van der Waals surface area contributed by atoms with Gasteiger partial charge in [-0.3, -0.25) is 9.59 Å². The quantitative estimate of drug-likeness (QED) is 0.768. The number of benzene rings is 2. The number of ether oxygens (including phenoxy) is 1. The van der Waals surface area contributed by atoms with Crippen LogP contribution >= 0.6 is 0 Å². The maximum absolute atomic E-state index is 12.7. The molecule has 1 aliphatic rings. The second kappa shape index (κ2) is 7.88. The fourth-order valence-electron chi connectivity index (χ4n) is 3.10. The van der Waals surface area contributed by atoms with Crippen molar-refractivity contribution in [2.75, 3.05) is 6.61 Å². The van der Waals surface area contributed by atoms with Gasteiger partial charge in [0.15, 0.2) is 12.5 Å². The molecule has 1 amide bonds. The Balaban J connectivity index is 1.66. The Bertz CT molecular complexity index is 672. The Hall–Kier alpha value is -2.46. The summed E-state index contributed by atoms with van der Waals surface area (Å²) in [5.41, 5.74) is 2.26. The number of rotatable bonds is 6. The van der Waals surface area contributed by atoms with E-state index in [0.717, 1.165) is 11.1 Å². The summed E-state index contributed by atoms with van der Waals surface area (Å²) in [7, 11) is 0. The van der Waals surface area contributed by atoms with Crippen LogP contribution < -0.4 is 0 Å². The fourth-order valence-corrected chi connectivity index (χ4v) is 3.10. The van der Waals surface area contributed by atoms with Crippen LogP contribution in [0.4, 0.5) is 0 Å². The maximum Gasteiger partial charge on any atom is 0.225 e. The third-order valence-corrected chi connectivity index (χ3v) is 4.32. The van der Waals surface area contributed by atoms with Crippen molar-refractivity contribution in [3.05, 3.63) is 71.8 Å². The third kappa shape index (κ3) is 3.89. The van der Waals surface area contributed by atoms with Gasteiger partial charge in [0, 0.05) is 6.42 Å². The molecule has 3 rings (SSSR count). The van der Waals surface area contributed by atoms with Crippen molar-refractivity contribution in [3.63, 3.8) is 0 Å². The molecule has 0 bridgehead atoms. The van der Waals surface area contributed by atoms with Gasteiger partial charge in [0.05, 0.1) is 12.6 Å². The van der Waals surface area contributed by atoms with Gasteiger partial charge in [0.1, 0.15) is 0 Å². The predicted octanol–water partition coefficient (Wildman–Crippen LogP) is 2.61. The summed E-state index contributed by atoms with van der Waals surface area (Å²) in [6.07, 6.45) is 1.69. The molecule has 2 unspecified atom stereocenters. The van der Waals surface area contributed by atoms with Crippen LogP contribution in [0.1, 0.15) is 17.5 Å². The summed E-state index contributed by atoms with van der Waals surface area (Å²) in [4.78, 5) is 25.6. The van der Waals surface area contributed by atoms with E-state index in [2.05, 4.69) is 0 Å². The van der Waals surface area contributed by atoms with Gasteiger partial charge in [0.25, 0.3) is 0 Å². The van der Waals surface area contributed by atoms with Gasteiger partial charge >= 0.3 is 0 Å². The van der Waals surface area contributed by atoms with Crippen molar-refractivity contribution in [2.24, 2.45) is 0 Å². The summed E-state index contributed by atoms with van der Waals surface area (Å²) < 4.78 is 5.51. The molecule has 0 aliphatic carbocycles. The average Bonchev–Trinajstić information content (AvgIpc) is 3.04. The first-order chi connectivity index (χ1) is 11.8. The summed E-state index contributed by atoms with van der Waals surface area (Å²) in [6, 6.07) is 19.8. The molecule has 0 radical (unpaired) electrons. The molecule has 2 atom stereocenters. The lowest BCUT2D eigenvalue weighted by molar-refractivity contribution is -0.142. The second-order valence-electron chi connectivity index (χ2n) is 5.99. The van der Waals surface area contributed by atoms with Crippen molar-refractivity contribution in [1.82, 2.24) is 4.90 Å². The first-order valence-corrected chi connectivity index (χ1v) is 8.24. The number of nitrogens with zero attached hydrogens (tertiary/aromatic N) is 1.